The van der Waals surface area contributed by atoms with Crippen molar-refractivity contribution in [2.24, 2.45) is 0 Å². The van der Waals surface area contributed by atoms with Crippen LogP contribution in [0.15, 0.2) is 6.20 Å². The zero-order valence-electron chi connectivity index (χ0n) is 17.6. The third kappa shape index (κ3) is 6.55. The Morgan fingerprint density at radius 1 is 1.14 bits per heavy atom. The Kier molecular flexibility index (Phi) is 6.74. The highest BCUT2D eigenvalue weighted by atomic mass is 32.2. The summed E-state index contributed by atoms with van der Waals surface area (Å²) < 4.78 is 33.1. The minimum Gasteiger partial charge on any atom is -0.444 e. The maximum Gasteiger partial charge on any atom is 0.410 e. The number of amides is 1. The Labute approximate surface area is 177 Å². The van der Waals surface area contributed by atoms with E-state index in [1.165, 1.54) is 4.88 Å². The van der Waals surface area contributed by atoms with Crippen molar-refractivity contribution >= 4 is 32.7 Å². The van der Waals surface area contributed by atoms with Crippen molar-refractivity contribution in [1.29, 1.82) is 0 Å². The summed E-state index contributed by atoms with van der Waals surface area (Å²) in [7, 11) is -3.41. The van der Waals surface area contributed by atoms with Gasteiger partial charge < -0.3 is 14.5 Å². The lowest BCUT2D eigenvalue weighted by Crippen LogP contribution is -2.41. The molecule has 0 spiro atoms. The van der Waals surface area contributed by atoms with Gasteiger partial charge in [0, 0.05) is 37.3 Å². The van der Waals surface area contributed by atoms with E-state index in [4.69, 9.17) is 8.92 Å². The summed E-state index contributed by atoms with van der Waals surface area (Å²) in [6.07, 6.45) is 5.74. The molecule has 0 unspecified atom stereocenters. The van der Waals surface area contributed by atoms with E-state index in [1.54, 1.807) is 16.2 Å². The first-order valence-electron chi connectivity index (χ1n) is 10.1. The first kappa shape index (κ1) is 22.3. The van der Waals surface area contributed by atoms with E-state index in [2.05, 4.69) is 9.88 Å². The van der Waals surface area contributed by atoms with Gasteiger partial charge in [-0.05, 0) is 52.4 Å². The molecule has 0 aliphatic carbocycles. The average molecular weight is 446 g/mol. The number of likely N-dealkylation sites (tertiary alicyclic amines) is 1. The standard InChI is InChI=1S/C19H31N3O5S2/c1-19(2,3)26-18(23)22-9-5-14(6-10-22)16-13-20-17(28-16)21-11-7-15(8-12-21)27-29(4,24)25/h13-15H,5-12H2,1-4H3. The van der Waals surface area contributed by atoms with Crippen LogP contribution in [0.3, 0.4) is 0 Å². The SMILES string of the molecule is CC(C)(C)OC(=O)N1CCC(c2cnc(N3CCC(OS(C)(=O)=O)CC3)s2)CC1. The van der Waals surface area contributed by atoms with Gasteiger partial charge in [0.15, 0.2) is 5.13 Å². The third-order valence-corrected chi connectivity index (χ3v) is 6.93. The molecule has 0 bridgehead atoms. The quantitative estimate of drug-likeness (QED) is 0.658. The van der Waals surface area contributed by atoms with Crippen molar-refractivity contribution < 1.29 is 22.1 Å². The van der Waals surface area contributed by atoms with E-state index < -0.39 is 15.7 Å². The molecule has 1 aromatic rings. The van der Waals surface area contributed by atoms with Gasteiger partial charge in [-0.3, -0.25) is 4.18 Å². The Hall–Kier alpha value is -1.39. The highest BCUT2D eigenvalue weighted by Gasteiger charge is 2.29. The molecule has 1 aromatic heterocycles. The second-order valence-corrected chi connectivity index (χ2v) is 11.4. The first-order chi connectivity index (χ1) is 13.5. The van der Waals surface area contributed by atoms with Gasteiger partial charge in [0.1, 0.15) is 5.60 Å². The van der Waals surface area contributed by atoms with E-state index in [0.29, 0.717) is 31.8 Å². The summed E-state index contributed by atoms with van der Waals surface area (Å²) in [6.45, 7) is 8.52. The van der Waals surface area contributed by atoms with Crippen molar-refractivity contribution in [3.63, 3.8) is 0 Å². The summed E-state index contributed by atoms with van der Waals surface area (Å²) >= 11 is 1.70. The fraction of sp³-hybridized carbons (Fsp3) is 0.789. The molecule has 164 valence electrons. The predicted molar refractivity (Wildman–Crippen MR) is 113 cm³/mol. The molecular weight excluding hydrogens is 414 g/mol. The molecule has 3 heterocycles. The van der Waals surface area contributed by atoms with E-state index in [1.807, 2.05) is 27.0 Å². The van der Waals surface area contributed by atoms with E-state index in [0.717, 1.165) is 37.3 Å². The lowest BCUT2D eigenvalue weighted by molar-refractivity contribution is 0.0205. The highest BCUT2D eigenvalue weighted by molar-refractivity contribution is 7.86. The van der Waals surface area contributed by atoms with Gasteiger partial charge in [-0.25, -0.2) is 9.78 Å². The first-order valence-corrected chi connectivity index (χ1v) is 12.7. The Morgan fingerprint density at radius 3 is 2.31 bits per heavy atom. The molecule has 2 aliphatic rings. The van der Waals surface area contributed by atoms with Crippen LogP contribution in [0.2, 0.25) is 0 Å². The Bertz CT molecular complexity index is 802. The lowest BCUT2D eigenvalue weighted by Gasteiger charge is -2.33. The average Bonchev–Trinajstić information content (AvgIpc) is 3.10. The van der Waals surface area contributed by atoms with Crippen LogP contribution >= 0.6 is 11.3 Å². The second kappa shape index (κ2) is 8.77. The number of hydrogen-bond acceptors (Lipinski definition) is 8. The fourth-order valence-corrected chi connectivity index (χ4v) is 5.50. The molecular formula is C19H31N3O5S2. The molecule has 0 atom stereocenters. The minimum absolute atomic E-state index is 0.236. The largest absolute Gasteiger partial charge is 0.444 e. The van der Waals surface area contributed by atoms with Crippen LogP contribution in [0.1, 0.15) is 57.2 Å². The van der Waals surface area contributed by atoms with E-state index >= 15 is 0 Å². The topological polar surface area (TPSA) is 89.0 Å². The number of piperidine rings is 2. The molecule has 2 aliphatic heterocycles. The smallest absolute Gasteiger partial charge is 0.410 e. The van der Waals surface area contributed by atoms with Crippen molar-refractivity contribution in [1.82, 2.24) is 9.88 Å². The molecule has 0 radical (unpaired) electrons. The van der Waals surface area contributed by atoms with Gasteiger partial charge in [-0.2, -0.15) is 8.42 Å². The summed E-state index contributed by atoms with van der Waals surface area (Å²) in [6, 6.07) is 0. The number of anilines is 1. The number of nitrogens with zero attached hydrogens (tertiary/aromatic N) is 3. The van der Waals surface area contributed by atoms with Crippen molar-refractivity contribution in [3.8, 4) is 0 Å². The zero-order chi connectivity index (χ0) is 21.2. The third-order valence-electron chi connectivity index (χ3n) is 5.08. The van der Waals surface area contributed by atoms with Crippen LogP contribution in [0, 0.1) is 0 Å². The highest BCUT2D eigenvalue weighted by Crippen LogP contribution is 2.36. The van der Waals surface area contributed by atoms with Crippen LogP contribution in [-0.2, 0) is 19.0 Å². The molecule has 8 nitrogen and oxygen atoms in total. The molecule has 29 heavy (non-hydrogen) atoms. The summed E-state index contributed by atoms with van der Waals surface area (Å²) in [5.74, 6) is 0.408. The number of carbonyl (C=O) groups excluding carboxylic acids is 1. The van der Waals surface area contributed by atoms with Crippen molar-refractivity contribution in [2.75, 3.05) is 37.3 Å². The Morgan fingerprint density at radius 2 is 1.76 bits per heavy atom. The normalized spacial score (nSPS) is 20.1. The van der Waals surface area contributed by atoms with Gasteiger partial charge >= 0.3 is 6.09 Å². The molecule has 2 fully saturated rings. The predicted octanol–water partition coefficient (Wildman–Crippen LogP) is 3.20. The molecule has 2 saturated heterocycles. The molecule has 0 aromatic carbocycles. The van der Waals surface area contributed by atoms with Crippen molar-refractivity contribution in [2.45, 2.75) is 64.1 Å². The second-order valence-electron chi connectivity index (χ2n) is 8.77. The van der Waals surface area contributed by atoms with E-state index in [-0.39, 0.29) is 12.2 Å². The van der Waals surface area contributed by atoms with Gasteiger partial charge in [0.25, 0.3) is 10.1 Å². The van der Waals surface area contributed by atoms with Gasteiger partial charge in [-0.15, -0.1) is 11.3 Å². The number of carbonyl (C=O) groups is 1. The van der Waals surface area contributed by atoms with Crippen LogP contribution in [-0.4, -0.2) is 68.5 Å². The van der Waals surface area contributed by atoms with Crippen molar-refractivity contribution in [3.05, 3.63) is 11.1 Å². The van der Waals surface area contributed by atoms with Gasteiger partial charge in [0.2, 0.25) is 0 Å². The fourth-order valence-electron chi connectivity index (χ4n) is 3.68. The molecule has 3 rings (SSSR count). The number of aromatic nitrogens is 1. The van der Waals surface area contributed by atoms with Crippen LogP contribution in [0.5, 0.6) is 0 Å². The monoisotopic (exact) mass is 445 g/mol. The maximum atomic E-state index is 12.2. The number of rotatable bonds is 4. The molecule has 0 N–H and O–H groups in total. The molecule has 1 amide bonds. The summed E-state index contributed by atoms with van der Waals surface area (Å²) in [4.78, 5) is 22.1. The minimum atomic E-state index is -3.41. The number of thiazole rings is 1. The van der Waals surface area contributed by atoms with Crippen LogP contribution in [0.25, 0.3) is 0 Å². The number of hydrogen-bond donors (Lipinski definition) is 0. The summed E-state index contributed by atoms with van der Waals surface area (Å²) in [5.41, 5.74) is -0.472. The molecule has 0 saturated carbocycles. The molecule has 10 heteroatoms. The number of ether oxygens (including phenoxy) is 1. The van der Waals surface area contributed by atoms with Gasteiger partial charge in [-0.1, -0.05) is 0 Å². The van der Waals surface area contributed by atoms with Gasteiger partial charge in [0.05, 0.1) is 12.4 Å². The van der Waals surface area contributed by atoms with Crippen LogP contribution in [0.4, 0.5) is 9.93 Å². The van der Waals surface area contributed by atoms with Crippen LogP contribution < -0.4 is 4.90 Å². The van der Waals surface area contributed by atoms with E-state index in [9.17, 15) is 13.2 Å². The lowest BCUT2D eigenvalue weighted by atomic mass is 9.96. The summed E-state index contributed by atoms with van der Waals surface area (Å²) in [5, 5.41) is 0.979. The maximum absolute atomic E-state index is 12.2. The zero-order valence-corrected chi connectivity index (χ0v) is 19.2. The Balaban J connectivity index is 1.49.